The molecule has 0 saturated heterocycles. The van der Waals surface area contributed by atoms with Crippen molar-refractivity contribution in [3.8, 4) is 11.3 Å². The van der Waals surface area contributed by atoms with Gasteiger partial charge in [-0.05, 0) is 42.7 Å². The summed E-state index contributed by atoms with van der Waals surface area (Å²) in [6, 6.07) is 16.3. The molecule has 0 aliphatic carbocycles. The molecule has 3 rings (SSSR count). The van der Waals surface area contributed by atoms with Crippen molar-refractivity contribution in [3.05, 3.63) is 65.5 Å². The van der Waals surface area contributed by atoms with E-state index < -0.39 is 6.04 Å². The standard InChI is InChI=1S/C22H24N4O2S2/c1-23-17-10-8-16(9-11-17)20(27)24-18(12-13-29-2)21(28)26-22-25-19(14-30-22)15-6-4-3-5-7-15/h3-11,14,18,23H,12-13H2,1-2H3,(H,24,27)(H,25,26,28). The van der Waals surface area contributed by atoms with Gasteiger partial charge in [-0.1, -0.05) is 30.3 Å². The molecule has 0 radical (unpaired) electrons. The Bertz CT molecular complexity index is 974. The number of amides is 2. The van der Waals surface area contributed by atoms with Crippen LogP contribution in [0.25, 0.3) is 11.3 Å². The molecule has 8 heteroatoms. The summed E-state index contributed by atoms with van der Waals surface area (Å²) in [6.45, 7) is 0. The van der Waals surface area contributed by atoms with Crippen molar-refractivity contribution in [2.75, 3.05) is 29.7 Å². The highest BCUT2D eigenvalue weighted by molar-refractivity contribution is 7.98. The number of thioether (sulfide) groups is 1. The minimum absolute atomic E-state index is 0.266. The monoisotopic (exact) mass is 440 g/mol. The van der Waals surface area contributed by atoms with E-state index in [4.69, 9.17) is 0 Å². The zero-order valence-electron chi connectivity index (χ0n) is 16.8. The molecule has 2 aromatic carbocycles. The molecule has 0 saturated carbocycles. The van der Waals surface area contributed by atoms with Crippen LogP contribution in [-0.4, -0.2) is 41.9 Å². The number of carbonyl (C=O) groups is 2. The number of nitrogens with zero attached hydrogens (tertiary/aromatic N) is 1. The first kappa shape index (κ1) is 21.9. The molecular formula is C22H24N4O2S2. The molecule has 1 aromatic heterocycles. The molecule has 1 unspecified atom stereocenters. The SMILES string of the molecule is CNc1ccc(C(=O)NC(CCSC)C(=O)Nc2nc(-c3ccccc3)cs2)cc1. The van der Waals surface area contributed by atoms with Crippen LogP contribution >= 0.6 is 23.1 Å². The van der Waals surface area contributed by atoms with Crippen LogP contribution in [0.1, 0.15) is 16.8 Å². The van der Waals surface area contributed by atoms with Crippen LogP contribution in [0, 0.1) is 0 Å². The van der Waals surface area contributed by atoms with Gasteiger partial charge in [0.15, 0.2) is 5.13 Å². The van der Waals surface area contributed by atoms with Gasteiger partial charge in [-0.2, -0.15) is 11.8 Å². The molecule has 0 aliphatic heterocycles. The number of carbonyl (C=O) groups excluding carboxylic acids is 2. The predicted molar refractivity (Wildman–Crippen MR) is 126 cm³/mol. The Morgan fingerprint density at radius 1 is 1.10 bits per heavy atom. The van der Waals surface area contributed by atoms with Gasteiger partial charge in [-0.15, -0.1) is 11.3 Å². The van der Waals surface area contributed by atoms with Crippen molar-refractivity contribution in [2.24, 2.45) is 0 Å². The molecular weight excluding hydrogens is 416 g/mol. The van der Waals surface area contributed by atoms with Gasteiger partial charge in [-0.3, -0.25) is 9.59 Å². The second-order valence-corrected chi connectivity index (χ2v) is 8.37. The van der Waals surface area contributed by atoms with Crippen molar-refractivity contribution in [1.82, 2.24) is 10.3 Å². The maximum atomic E-state index is 12.9. The number of rotatable bonds is 9. The average Bonchev–Trinajstić information content (AvgIpc) is 3.25. The van der Waals surface area contributed by atoms with Crippen LogP contribution in [0.2, 0.25) is 0 Å². The Balaban J connectivity index is 1.67. The third-order valence-electron chi connectivity index (χ3n) is 4.47. The Hall–Kier alpha value is -2.84. The second kappa shape index (κ2) is 10.8. The summed E-state index contributed by atoms with van der Waals surface area (Å²) in [5.41, 5.74) is 3.23. The van der Waals surface area contributed by atoms with Gasteiger partial charge in [0, 0.05) is 29.2 Å². The van der Waals surface area contributed by atoms with E-state index in [1.807, 2.05) is 61.1 Å². The fourth-order valence-electron chi connectivity index (χ4n) is 2.80. The summed E-state index contributed by atoms with van der Waals surface area (Å²) in [7, 11) is 1.82. The molecule has 30 heavy (non-hydrogen) atoms. The third-order valence-corrected chi connectivity index (χ3v) is 5.87. The molecule has 2 amide bonds. The van der Waals surface area contributed by atoms with Gasteiger partial charge < -0.3 is 16.0 Å². The van der Waals surface area contributed by atoms with Crippen LogP contribution in [0.5, 0.6) is 0 Å². The van der Waals surface area contributed by atoms with E-state index in [0.29, 0.717) is 17.1 Å². The van der Waals surface area contributed by atoms with Crippen LogP contribution in [-0.2, 0) is 4.79 Å². The lowest BCUT2D eigenvalue weighted by molar-refractivity contribution is -0.118. The number of nitrogens with one attached hydrogen (secondary N) is 3. The molecule has 1 heterocycles. The summed E-state index contributed by atoms with van der Waals surface area (Å²) >= 11 is 3.00. The van der Waals surface area contributed by atoms with Gasteiger partial charge in [0.25, 0.3) is 5.91 Å². The number of hydrogen-bond donors (Lipinski definition) is 3. The second-order valence-electron chi connectivity index (χ2n) is 6.53. The van der Waals surface area contributed by atoms with E-state index in [0.717, 1.165) is 22.7 Å². The van der Waals surface area contributed by atoms with Crippen molar-refractivity contribution < 1.29 is 9.59 Å². The van der Waals surface area contributed by atoms with E-state index in [2.05, 4.69) is 20.9 Å². The maximum Gasteiger partial charge on any atom is 0.251 e. The van der Waals surface area contributed by atoms with Crippen molar-refractivity contribution in [3.63, 3.8) is 0 Å². The Morgan fingerprint density at radius 3 is 2.50 bits per heavy atom. The Kier molecular flexibility index (Phi) is 7.87. The largest absolute Gasteiger partial charge is 0.388 e. The quantitative estimate of drug-likeness (QED) is 0.461. The van der Waals surface area contributed by atoms with Crippen LogP contribution in [0.4, 0.5) is 10.8 Å². The summed E-state index contributed by atoms with van der Waals surface area (Å²) in [5.74, 6) is 0.214. The predicted octanol–water partition coefficient (Wildman–Crippen LogP) is 4.34. The lowest BCUT2D eigenvalue weighted by Crippen LogP contribution is -2.44. The summed E-state index contributed by atoms with van der Waals surface area (Å²) in [4.78, 5) is 30.0. The Labute approximate surface area is 184 Å². The minimum atomic E-state index is -0.641. The molecule has 0 spiro atoms. The van der Waals surface area contributed by atoms with Crippen LogP contribution in [0.15, 0.2) is 60.0 Å². The van der Waals surface area contributed by atoms with E-state index in [1.54, 1.807) is 23.9 Å². The maximum absolute atomic E-state index is 12.9. The molecule has 156 valence electrons. The van der Waals surface area contributed by atoms with Crippen LogP contribution in [0.3, 0.4) is 0 Å². The lowest BCUT2D eigenvalue weighted by Gasteiger charge is -2.17. The Morgan fingerprint density at radius 2 is 1.83 bits per heavy atom. The number of hydrogen-bond acceptors (Lipinski definition) is 6. The molecule has 3 aromatic rings. The highest BCUT2D eigenvalue weighted by atomic mass is 32.2. The smallest absolute Gasteiger partial charge is 0.251 e. The highest BCUT2D eigenvalue weighted by Gasteiger charge is 2.22. The van der Waals surface area contributed by atoms with Gasteiger partial charge in [0.05, 0.1) is 5.69 Å². The molecule has 0 bridgehead atoms. The van der Waals surface area contributed by atoms with Gasteiger partial charge in [0.1, 0.15) is 6.04 Å². The normalized spacial score (nSPS) is 11.5. The minimum Gasteiger partial charge on any atom is -0.388 e. The highest BCUT2D eigenvalue weighted by Crippen LogP contribution is 2.24. The molecule has 6 nitrogen and oxygen atoms in total. The van der Waals surface area contributed by atoms with Gasteiger partial charge in [0.2, 0.25) is 5.91 Å². The zero-order valence-corrected chi connectivity index (χ0v) is 18.5. The number of anilines is 2. The molecule has 1 atom stereocenters. The van der Waals surface area contributed by atoms with Gasteiger partial charge >= 0.3 is 0 Å². The van der Waals surface area contributed by atoms with Crippen LogP contribution < -0.4 is 16.0 Å². The van der Waals surface area contributed by atoms with E-state index in [1.165, 1.54) is 11.3 Å². The lowest BCUT2D eigenvalue weighted by atomic mass is 10.1. The molecule has 0 aliphatic rings. The van der Waals surface area contributed by atoms with E-state index in [-0.39, 0.29) is 11.8 Å². The van der Waals surface area contributed by atoms with Gasteiger partial charge in [-0.25, -0.2) is 4.98 Å². The van der Waals surface area contributed by atoms with E-state index in [9.17, 15) is 9.59 Å². The topological polar surface area (TPSA) is 83.1 Å². The van der Waals surface area contributed by atoms with Crippen molar-refractivity contribution in [1.29, 1.82) is 0 Å². The fraction of sp³-hybridized carbons (Fsp3) is 0.227. The summed E-state index contributed by atoms with van der Waals surface area (Å²) in [6.07, 6.45) is 2.50. The molecule has 0 fully saturated rings. The number of benzene rings is 2. The fourth-order valence-corrected chi connectivity index (χ4v) is 3.99. The third kappa shape index (κ3) is 5.84. The first-order chi connectivity index (χ1) is 14.6. The number of thiazole rings is 1. The zero-order chi connectivity index (χ0) is 21.3. The van der Waals surface area contributed by atoms with Crippen molar-refractivity contribution in [2.45, 2.75) is 12.5 Å². The molecule has 3 N–H and O–H groups in total. The first-order valence-electron chi connectivity index (χ1n) is 9.50. The average molecular weight is 441 g/mol. The van der Waals surface area contributed by atoms with Crippen molar-refractivity contribution >= 4 is 45.7 Å². The first-order valence-corrected chi connectivity index (χ1v) is 11.8. The van der Waals surface area contributed by atoms with E-state index >= 15 is 0 Å². The summed E-state index contributed by atoms with van der Waals surface area (Å²) < 4.78 is 0. The summed E-state index contributed by atoms with van der Waals surface area (Å²) in [5, 5.41) is 11.1. The number of aromatic nitrogens is 1.